The van der Waals surface area contributed by atoms with Crippen molar-refractivity contribution in [2.45, 2.75) is 90.7 Å². The third kappa shape index (κ3) is 4.42. The van der Waals surface area contributed by atoms with Crippen molar-refractivity contribution < 1.29 is 4.74 Å². The van der Waals surface area contributed by atoms with Gasteiger partial charge in [-0.05, 0) is 74.5 Å². The zero-order valence-corrected chi connectivity index (χ0v) is 20.3. The van der Waals surface area contributed by atoms with Gasteiger partial charge in [-0.25, -0.2) is 0 Å². The third-order valence-corrected chi connectivity index (χ3v) is 7.94. The number of ether oxygens (including phenoxy) is 1. The number of nitrogens with one attached hydrogen (secondary N) is 1. The van der Waals surface area contributed by atoms with E-state index in [1.807, 2.05) is 19.1 Å². The van der Waals surface area contributed by atoms with Gasteiger partial charge >= 0.3 is 0 Å². The molecule has 2 aromatic carbocycles. The minimum Gasteiger partial charge on any atom is -0.464 e. The molecule has 1 heterocycles. The van der Waals surface area contributed by atoms with Gasteiger partial charge in [0.05, 0.1) is 0 Å². The van der Waals surface area contributed by atoms with Crippen molar-refractivity contribution in [3.8, 4) is 5.75 Å². The Bertz CT molecular complexity index is 919. The van der Waals surface area contributed by atoms with Gasteiger partial charge in [0.1, 0.15) is 5.75 Å². The molecule has 4 nitrogen and oxygen atoms in total. The minimum atomic E-state index is -0.548. The Morgan fingerprint density at radius 2 is 1.62 bits per heavy atom. The van der Waals surface area contributed by atoms with Gasteiger partial charge < -0.3 is 21.5 Å². The van der Waals surface area contributed by atoms with E-state index >= 15 is 0 Å². The van der Waals surface area contributed by atoms with Crippen LogP contribution in [0.2, 0.25) is 0 Å². The van der Waals surface area contributed by atoms with Crippen LogP contribution in [0.25, 0.3) is 0 Å². The summed E-state index contributed by atoms with van der Waals surface area (Å²) >= 11 is 0. The van der Waals surface area contributed by atoms with Gasteiger partial charge in [-0.2, -0.15) is 0 Å². The summed E-state index contributed by atoms with van der Waals surface area (Å²) in [5.41, 5.74) is 17.7. The number of nitrogens with two attached hydrogens (primary N) is 2. The summed E-state index contributed by atoms with van der Waals surface area (Å²) in [6.07, 6.45) is 10.9. The molecule has 1 atom stereocenters. The standard InChI is InChI=1S/C28H41N3O/c1-5-7-19(8-6-2)20-9-11-21(12-10-20)22-13-14-24-27(15-22)31-28(24,4)32-23-16-25(29)18(3)26(30)17-23/h13-17,19-21,31H,5-12,29-30H2,1-4H3. The van der Waals surface area contributed by atoms with Crippen molar-refractivity contribution in [3.05, 3.63) is 47.0 Å². The zero-order valence-electron chi connectivity index (χ0n) is 20.3. The largest absolute Gasteiger partial charge is 0.464 e. The van der Waals surface area contributed by atoms with E-state index in [0.717, 1.165) is 17.4 Å². The molecule has 1 saturated carbocycles. The maximum absolute atomic E-state index is 6.28. The van der Waals surface area contributed by atoms with E-state index in [1.54, 1.807) is 0 Å². The normalized spacial score (nSPS) is 24.5. The van der Waals surface area contributed by atoms with Crippen molar-refractivity contribution in [2.24, 2.45) is 11.8 Å². The first-order valence-electron chi connectivity index (χ1n) is 12.6. The van der Waals surface area contributed by atoms with Crippen molar-refractivity contribution >= 4 is 17.1 Å². The second kappa shape index (κ2) is 9.25. The number of fused-ring (bicyclic) bond motifs is 1. The van der Waals surface area contributed by atoms with Crippen LogP contribution < -0.4 is 21.5 Å². The summed E-state index contributed by atoms with van der Waals surface area (Å²) in [7, 11) is 0. The Kier molecular flexibility index (Phi) is 6.60. The van der Waals surface area contributed by atoms with Crippen LogP contribution in [-0.2, 0) is 5.72 Å². The van der Waals surface area contributed by atoms with Gasteiger partial charge in [0.2, 0.25) is 5.72 Å². The van der Waals surface area contributed by atoms with Gasteiger partial charge in [-0.1, -0.05) is 51.7 Å². The highest BCUT2D eigenvalue weighted by atomic mass is 16.5. The molecule has 1 unspecified atom stereocenters. The van der Waals surface area contributed by atoms with Crippen LogP contribution in [0.4, 0.5) is 17.1 Å². The van der Waals surface area contributed by atoms with Gasteiger partial charge in [0.15, 0.2) is 0 Å². The fraction of sp³-hybridized carbons (Fsp3) is 0.571. The highest BCUT2D eigenvalue weighted by Gasteiger charge is 2.41. The fourth-order valence-corrected chi connectivity index (χ4v) is 5.98. The molecule has 1 fully saturated rings. The average Bonchev–Trinajstić information content (AvgIpc) is 2.76. The van der Waals surface area contributed by atoms with Gasteiger partial charge in [-0.3, -0.25) is 0 Å². The summed E-state index contributed by atoms with van der Waals surface area (Å²) in [4.78, 5) is 0. The molecule has 2 aliphatic rings. The molecule has 0 saturated heterocycles. The molecule has 5 N–H and O–H groups in total. The highest BCUT2D eigenvalue weighted by molar-refractivity contribution is 5.68. The maximum atomic E-state index is 6.28. The van der Waals surface area contributed by atoms with Crippen LogP contribution in [0.3, 0.4) is 0 Å². The molecule has 0 aromatic heterocycles. The summed E-state index contributed by atoms with van der Waals surface area (Å²) in [5.74, 6) is 3.25. The molecule has 0 bridgehead atoms. The van der Waals surface area contributed by atoms with E-state index in [2.05, 4.69) is 44.3 Å². The molecule has 4 rings (SSSR count). The second-order valence-corrected chi connectivity index (χ2v) is 10.2. The first kappa shape index (κ1) is 22.8. The van der Waals surface area contributed by atoms with E-state index < -0.39 is 5.72 Å². The first-order chi connectivity index (χ1) is 15.3. The Labute approximate surface area is 194 Å². The van der Waals surface area contributed by atoms with Gasteiger partial charge in [0.25, 0.3) is 0 Å². The smallest absolute Gasteiger partial charge is 0.206 e. The second-order valence-electron chi connectivity index (χ2n) is 10.2. The Balaban J connectivity index is 1.40. The van der Waals surface area contributed by atoms with E-state index in [-0.39, 0.29) is 0 Å². The Morgan fingerprint density at radius 3 is 2.19 bits per heavy atom. The quantitative estimate of drug-likeness (QED) is 0.380. The van der Waals surface area contributed by atoms with Crippen molar-refractivity contribution in [2.75, 3.05) is 16.8 Å². The van der Waals surface area contributed by atoms with Crippen molar-refractivity contribution in [3.63, 3.8) is 0 Å². The van der Waals surface area contributed by atoms with E-state index in [1.165, 1.54) is 68.2 Å². The number of rotatable bonds is 8. The van der Waals surface area contributed by atoms with E-state index in [4.69, 9.17) is 16.2 Å². The number of benzene rings is 2. The zero-order chi connectivity index (χ0) is 22.9. The first-order valence-corrected chi connectivity index (χ1v) is 12.6. The molecule has 0 amide bonds. The maximum Gasteiger partial charge on any atom is 0.206 e. The molecular weight excluding hydrogens is 394 g/mol. The monoisotopic (exact) mass is 435 g/mol. The van der Waals surface area contributed by atoms with Crippen molar-refractivity contribution in [1.82, 2.24) is 0 Å². The molecule has 1 aliphatic heterocycles. The van der Waals surface area contributed by atoms with Crippen LogP contribution in [0, 0.1) is 18.8 Å². The molecule has 174 valence electrons. The molecule has 1 aliphatic carbocycles. The lowest BCUT2D eigenvalue weighted by molar-refractivity contribution is 0.103. The molecule has 32 heavy (non-hydrogen) atoms. The van der Waals surface area contributed by atoms with Crippen LogP contribution in [0.1, 0.15) is 94.7 Å². The topological polar surface area (TPSA) is 73.3 Å². The SMILES string of the molecule is CCCC(CCC)C1CCC(c2ccc3c(c2)NC3(C)Oc2cc(N)c(C)c(N)c2)CC1. The lowest BCUT2D eigenvalue weighted by atomic mass is 9.71. The van der Waals surface area contributed by atoms with E-state index in [0.29, 0.717) is 23.0 Å². The molecule has 0 radical (unpaired) electrons. The lowest BCUT2D eigenvalue weighted by Gasteiger charge is -2.43. The number of nitrogen functional groups attached to an aromatic ring is 2. The summed E-state index contributed by atoms with van der Waals surface area (Å²) in [6, 6.07) is 10.6. The van der Waals surface area contributed by atoms with Crippen LogP contribution >= 0.6 is 0 Å². The molecule has 4 heteroatoms. The number of anilines is 3. The highest BCUT2D eigenvalue weighted by Crippen LogP contribution is 2.47. The third-order valence-electron chi connectivity index (χ3n) is 7.94. The van der Waals surface area contributed by atoms with Crippen LogP contribution in [0.15, 0.2) is 30.3 Å². The Hall–Kier alpha value is -2.36. The minimum absolute atomic E-state index is 0.548. The summed E-state index contributed by atoms with van der Waals surface area (Å²) < 4.78 is 6.28. The van der Waals surface area contributed by atoms with Crippen LogP contribution in [0.5, 0.6) is 5.75 Å². The number of hydrogen-bond donors (Lipinski definition) is 3. The van der Waals surface area contributed by atoms with Gasteiger partial charge in [-0.15, -0.1) is 0 Å². The van der Waals surface area contributed by atoms with Gasteiger partial charge in [0, 0.05) is 34.8 Å². The predicted octanol–water partition coefficient (Wildman–Crippen LogP) is 7.33. The summed E-state index contributed by atoms with van der Waals surface area (Å²) in [5, 5.41) is 3.54. The van der Waals surface area contributed by atoms with Crippen molar-refractivity contribution in [1.29, 1.82) is 0 Å². The Morgan fingerprint density at radius 1 is 1.00 bits per heavy atom. The average molecular weight is 436 g/mol. The molecule has 0 spiro atoms. The predicted molar refractivity (Wildman–Crippen MR) is 136 cm³/mol. The van der Waals surface area contributed by atoms with Crippen LogP contribution in [-0.4, -0.2) is 0 Å². The molecular formula is C28H41N3O. The summed E-state index contributed by atoms with van der Waals surface area (Å²) in [6.45, 7) is 8.66. The molecule has 2 aromatic rings. The lowest BCUT2D eigenvalue weighted by Crippen LogP contribution is -2.46. The number of hydrogen-bond acceptors (Lipinski definition) is 4. The fourth-order valence-electron chi connectivity index (χ4n) is 5.98. The van der Waals surface area contributed by atoms with E-state index in [9.17, 15) is 0 Å².